The molecule has 1 aliphatic heterocycles. The van der Waals surface area contributed by atoms with Crippen LogP contribution in [-0.2, 0) is 10.2 Å². The summed E-state index contributed by atoms with van der Waals surface area (Å²) < 4.78 is 27.9. The average molecular weight is 318 g/mol. The van der Waals surface area contributed by atoms with Crippen molar-refractivity contribution in [3.8, 4) is 0 Å². The first kappa shape index (κ1) is 15.9. The number of nitrogens with zero attached hydrogens (tertiary/aromatic N) is 2. The minimum absolute atomic E-state index is 0.0118. The number of hydrogen-bond acceptors (Lipinski definition) is 4. The van der Waals surface area contributed by atoms with Gasteiger partial charge in [0.2, 0.25) is 0 Å². The second-order valence-corrected chi connectivity index (χ2v) is 8.31. The molecule has 1 aliphatic rings. The molecule has 5 nitrogen and oxygen atoms in total. The Bertz CT molecular complexity index is 528. The monoisotopic (exact) mass is 318 g/mol. The second-order valence-electron chi connectivity index (χ2n) is 5.54. The summed E-state index contributed by atoms with van der Waals surface area (Å²) in [4.78, 5) is 0. The van der Waals surface area contributed by atoms with Crippen LogP contribution in [0.2, 0.25) is 0 Å². The maximum atomic E-state index is 12.5. The first-order valence-electron chi connectivity index (χ1n) is 6.74. The lowest BCUT2D eigenvalue weighted by atomic mass is 9.92. The molecule has 0 radical (unpaired) electrons. The molecule has 0 amide bonds. The highest BCUT2D eigenvalue weighted by atomic mass is 32.2. The molecule has 0 aliphatic carbocycles. The van der Waals surface area contributed by atoms with Crippen molar-refractivity contribution in [3.05, 3.63) is 22.4 Å². The molecule has 7 heteroatoms. The molecule has 0 saturated carbocycles. The Morgan fingerprint density at radius 3 is 2.70 bits per heavy atom. The molecule has 1 fully saturated rings. The topological polar surface area (TPSA) is 60.9 Å². The largest absolute Gasteiger partial charge is 0.396 e. The number of rotatable bonds is 5. The highest BCUT2D eigenvalue weighted by Crippen LogP contribution is 2.35. The van der Waals surface area contributed by atoms with Gasteiger partial charge in [-0.3, -0.25) is 0 Å². The van der Waals surface area contributed by atoms with Crippen LogP contribution >= 0.6 is 11.3 Å². The molecule has 1 aromatic heterocycles. The van der Waals surface area contributed by atoms with Crippen LogP contribution in [0.25, 0.3) is 0 Å². The van der Waals surface area contributed by atoms with Crippen molar-refractivity contribution in [2.75, 3.05) is 26.7 Å². The van der Waals surface area contributed by atoms with E-state index in [9.17, 15) is 13.5 Å². The van der Waals surface area contributed by atoms with Crippen LogP contribution in [0.15, 0.2) is 16.8 Å². The van der Waals surface area contributed by atoms with Gasteiger partial charge in [-0.25, -0.2) is 0 Å². The Hall–Kier alpha value is -0.470. The molecule has 0 spiro atoms. The predicted octanol–water partition coefficient (Wildman–Crippen LogP) is 1.34. The predicted molar refractivity (Wildman–Crippen MR) is 81.0 cm³/mol. The van der Waals surface area contributed by atoms with Gasteiger partial charge in [0.25, 0.3) is 10.2 Å². The molecular formula is C13H22N2O3S2. The van der Waals surface area contributed by atoms with Crippen molar-refractivity contribution < 1.29 is 13.5 Å². The van der Waals surface area contributed by atoms with Gasteiger partial charge in [0, 0.05) is 44.6 Å². The maximum Gasteiger partial charge on any atom is 0.281 e. The lowest BCUT2D eigenvalue weighted by Gasteiger charge is -2.26. The van der Waals surface area contributed by atoms with E-state index in [0.717, 1.165) is 5.56 Å². The smallest absolute Gasteiger partial charge is 0.281 e. The zero-order chi connectivity index (χ0) is 14.9. The number of aliphatic hydroxyl groups excluding tert-OH is 1. The van der Waals surface area contributed by atoms with E-state index < -0.39 is 10.2 Å². The van der Waals surface area contributed by atoms with Gasteiger partial charge in [-0.1, -0.05) is 0 Å². The van der Waals surface area contributed by atoms with E-state index in [0.29, 0.717) is 13.1 Å². The zero-order valence-electron chi connectivity index (χ0n) is 12.1. The first-order chi connectivity index (χ1) is 9.37. The molecular weight excluding hydrogens is 296 g/mol. The van der Waals surface area contributed by atoms with E-state index in [1.165, 1.54) is 8.61 Å². The number of thiophene rings is 1. The molecule has 2 heterocycles. The highest BCUT2D eigenvalue weighted by molar-refractivity contribution is 7.86. The van der Waals surface area contributed by atoms with Crippen molar-refractivity contribution >= 4 is 21.5 Å². The van der Waals surface area contributed by atoms with Gasteiger partial charge in [0.05, 0.1) is 0 Å². The molecule has 114 valence electrons. The molecule has 1 N–H and O–H groups in total. The molecule has 0 aromatic carbocycles. The average Bonchev–Trinajstić information content (AvgIpc) is 3.05. The van der Waals surface area contributed by atoms with E-state index in [4.69, 9.17) is 0 Å². The molecule has 1 saturated heterocycles. The van der Waals surface area contributed by atoms with Crippen LogP contribution in [0, 0.1) is 5.92 Å². The van der Waals surface area contributed by atoms with Crippen LogP contribution < -0.4 is 0 Å². The molecule has 0 unspecified atom stereocenters. The van der Waals surface area contributed by atoms with Gasteiger partial charge < -0.3 is 5.11 Å². The van der Waals surface area contributed by atoms with E-state index >= 15 is 0 Å². The summed E-state index contributed by atoms with van der Waals surface area (Å²) in [5.41, 5.74) is 1.12. The van der Waals surface area contributed by atoms with E-state index in [1.807, 2.05) is 30.7 Å². The molecule has 0 bridgehead atoms. The zero-order valence-corrected chi connectivity index (χ0v) is 13.7. The Morgan fingerprint density at radius 2 is 2.20 bits per heavy atom. The fraction of sp³-hybridized carbons (Fsp3) is 0.692. The summed E-state index contributed by atoms with van der Waals surface area (Å²) in [5, 5.41) is 13.6. The second kappa shape index (κ2) is 6.11. The lowest BCUT2D eigenvalue weighted by molar-refractivity contribution is 0.222. The van der Waals surface area contributed by atoms with Crippen molar-refractivity contribution in [1.29, 1.82) is 0 Å². The normalized spacial score (nSPS) is 24.9. The maximum absolute atomic E-state index is 12.5. The highest BCUT2D eigenvalue weighted by Gasteiger charge is 2.41. The van der Waals surface area contributed by atoms with Gasteiger partial charge in [0.1, 0.15) is 0 Å². The van der Waals surface area contributed by atoms with Gasteiger partial charge in [-0.05, 0) is 36.2 Å². The summed E-state index contributed by atoms with van der Waals surface area (Å²) in [6, 6.07) is 1.94. The first-order valence-corrected chi connectivity index (χ1v) is 9.08. The van der Waals surface area contributed by atoms with Crippen LogP contribution in [0.4, 0.5) is 0 Å². The van der Waals surface area contributed by atoms with Crippen LogP contribution in [0.1, 0.15) is 25.3 Å². The van der Waals surface area contributed by atoms with Crippen LogP contribution in [-0.4, -0.2) is 54.9 Å². The Balaban J connectivity index is 2.21. The van der Waals surface area contributed by atoms with Crippen LogP contribution in [0.5, 0.6) is 0 Å². The van der Waals surface area contributed by atoms with E-state index in [1.54, 1.807) is 18.4 Å². The Morgan fingerprint density at radius 1 is 1.50 bits per heavy atom. The van der Waals surface area contributed by atoms with Crippen molar-refractivity contribution in [3.63, 3.8) is 0 Å². The fourth-order valence-electron chi connectivity index (χ4n) is 2.52. The van der Waals surface area contributed by atoms with Crippen LogP contribution in [0.3, 0.4) is 0 Å². The third-order valence-electron chi connectivity index (χ3n) is 4.03. The number of aliphatic hydroxyl groups is 1. The third kappa shape index (κ3) is 2.92. The summed E-state index contributed by atoms with van der Waals surface area (Å²) in [6.07, 6.45) is 0. The van der Waals surface area contributed by atoms with Gasteiger partial charge >= 0.3 is 0 Å². The summed E-state index contributed by atoms with van der Waals surface area (Å²) in [5.74, 6) is 0.0570. The fourth-order valence-corrected chi connectivity index (χ4v) is 4.87. The number of hydrogen-bond donors (Lipinski definition) is 1. The van der Waals surface area contributed by atoms with Crippen molar-refractivity contribution in [1.82, 2.24) is 8.61 Å². The van der Waals surface area contributed by atoms with Gasteiger partial charge in [-0.2, -0.15) is 28.4 Å². The quantitative estimate of drug-likeness (QED) is 0.891. The molecule has 2 atom stereocenters. The molecule has 2 rings (SSSR count). The molecule has 20 heavy (non-hydrogen) atoms. The summed E-state index contributed by atoms with van der Waals surface area (Å²) in [6.45, 7) is 4.55. The van der Waals surface area contributed by atoms with E-state index in [-0.39, 0.29) is 24.5 Å². The summed E-state index contributed by atoms with van der Waals surface area (Å²) >= 11 is 1.60. The minimum atomic E-state index is -3.45. The Labute approximate surface area is 125 Å². The standard InChI is InChI=1S/C13H22N2O3S2/c1-10(2)14(3)20(17,18)15-6-12(8-16)13(7-15)11-4-5-19-9-11/h4-5,9-10,12-13,16H,6-8H2,1-3H3/t12-,13+/m1/s1. The van der Waals surface area contributed by atoms with Crippen molar-refractivity contribution in [2.45, 2.75) is 25.8 Å². The van der Waals surface area contributed by atoms with Gasteiger partial charge in [-0.15, -0.1) is 0 Å². The third-order valence-corrected chi connectivity index (χ3v) is 6.83. The van der Waals surface area contributed by atoms with Crippen molar-refractivity contribution in [2.24, 2.45) is 5.92 Å². The van der Waals surface area contributed by atoms with E-state index in [2.05, 4.69) is 0 Å². The molecule has 1 aromatic rings. The van der Waals surface area contributed by atoms with Gasteiger partial charge in [0.15, 0.2) is 0 Å². The SMILES string of the molecule is CC(C)N(C)S(=O)(=O)N1C[C@H](CO)[C@H](c2ccsc2)C1. The minimum Gasteiger partial charge on any atom is -0.396 e. The Kier molecular flexibility index (Phi) is 4.86. The lowest BCUT2D eigenvalue weighted by Crippen LogP contribution is -2.44. The summed E-state index contributed by atoms with van der Waals surface area (Å²) in [7, 11) is -1.84.